The summed E-state index contributed by atoms with van der Waals surface area (Å²) in [6.45, 7) is 0. The molecule has 0 saturated carbocycles. The van der Waals surface area contributed by atoms with Crippen LogP contribution in [-0.4, -0.2) is 0 Å². The Balaban J connectivity index is 0.000000810. The van der Waals surface area contributed by atoms with Gasteiger partial charge in [-0.3, -0.25) is 0 Å². The van der Waals surface area contributed by atoms with E-state index in [4.69, 9.17) is 17.0 Å². The van der Waals surface area contributed by atoms with E-state index in [1.807, 2.05) is 0 Å². The van der Waals surface area contributed by atoms with Crippen molar-refractivity contribution >= 4 is 17.3 Å². The fourth-order valence-corrected chi connectivity index (χ4v) is 0.706. The molecule has 0 saturated heterocycles. The summed E-state index contributed by atoms with van der Waals surface area (Å²) in [7, 11) is 0. The van der Waals surface area contributed by atoms with E-state index in [0.717, 1.165) is 0 Å². The van der Waals surface area contributed by atoms with Gasteiger partial charge < -0.3 is 12.4 Å². The Hall–Kier alpha value is -0.780. The van der Waals surface area contributed by atoms with Crippen molar-refractivity contribution in [2.24, 2.45) is 0 Å². The summed E-state index contributed by atoms with van der Waals surface area (Å²) in [5.74, 6) is 0. The zero-order chi connectivity index (χ0) is 6.69. The van der Waals surface area contributed by atoms with Crippen LogP contribution in [0.5, 0.6) is 0 Å². The highest BCUT2D eigenvalue weighted by atomic mass is 35.5. The van der Waals surface area contributed by atoms with E-state index in [1.54, 1.807) is 24.3 Å². The van der Waals surface area contributed by atoms with Gasteiger partial charge in [-0.15, -0.1) is 0 Å². The minimum Gasteiger partial charge on any atom is -1.00 e. The van der Waals surface area contributed by atoms with Crippen LogP contribution in [0.15, 0.2) is 24.3 Å². The summed E-state index contributed by atoms with van der Waals surface area (Å²) in [6.07, 6.45) is 0. The van der Waals surface area contributed by atoms with Crippen LogP contribution in [0.3, 0.4) is 0 Å². The number of hydrogen-bond acceptors (Lipinski definition) is 1. The van der Waals surface area contributed by atoms with Crippen molar-refractivity contribution in [2.45, 2.75) is 0 Å². The lowest BCUT2D eigenvalue weighted by Crippen LogP contribution is -3.00. The normalized spacial score (nSPS) is 7.60. The highest BCUT2D eigenvalue weighted by Gasteiger charge is 2.07. The average Bonchev–Trinajstić information content (AvgIpc) is 1.89. The monoisotopic (exact) mass is 174 g/mol. The first kappa shape index (κ1) is 9.22. The molecule has 0 bridgehead atoms. The number of hydrogen-bond donors (Lipinski definition) is 0. The Morgan fingerprint density at radius 3 is 2.30 bits per heavy atom. The predicted octanol–water partition coefficient (Wildman–Crippen LogP) is -0.171. The van der Waals surface area contributed by atoms with E-state index >= 15 is 0 Å². The molecule has 0 amide bonds. The predicted molar refractivity (Wildman–Crippen MR) is 36.2 cm³/mol. The Morgan fingerprint density at radius 1 is 1.30 bits per heavy atom. The van der Waals surface area contributed by atoms with E-state index in [0.29, 0.717) is 10.7 Å². The molecule has 0 heterocycles. The fraction of sp³-hybridized carbons (Fsp3) is 0. The lowest BCUT2D eigenvalue weighted by molar-refractivity contribution is -0.00000195. The average molecular weight is 175 g/mol. The summed E-state index contributed by atoms with van der Waals surface area (Å²) >= 11 is 5.57. The first-order chi connectivity index (χ1) is 4.34. The molecule has 2 nitrogen and oxygen atoms in total. The molecule has 0 aliphatic carbocycles. The second kappa shape index (κ2) is 4.10. The Kier molecular flexibility index (Phi) is 3.78. The van der Waals surface area contributed by atoms with Crippen molar-refractivity contribution in [3.8, 4) is 0 Å². The van der Waals surface area contributed by atoms with Gasteiger partial charge in [0.2, 0.25) is 5.39 Å². The summed E-state index contributed by atoms with van der Waals surface area (Å²) in [4.78, 5) is 2.94. The molecule has 1 aromatic carbocycles. The summed E-state index contributed by atoms with van der Waals surface area (Å²) in [6, 6.07) is 6.82. The first-order valence-corrected chi connectivity index (χ1v) is 2.82. The lowest BCUT2D eigenvalue weighted by Gasteiger charge is -1.78. The van der Waals surface area contributed by atoms with Crippen molar-refractivity contribution in [2.75, 3.05) is 0 Å². The van der Waals surface area contributed by atoms with Crippen LogP contribution in [0.2, 0.25) is 5.02 Å². The van der Waals surface area contributed by atoms with Gasteiger partial charge in [-0.05, 0) is 6.07 Å². The lowest BCUT2D eigenvalue weighted by atomic mass is 10.3. The van der Waals surface area contributed by atoms with Crippen molar-refractivity contribution in [1.82, 2.24) is 0 Å². The third kappa shape index (κ3) is 1.87. The molecule has 0 aliphatic heterocycles. The topological polar surface area (TPSA) is 28.1 Å². The molecule has 0 fully saturated rings. The molecule has 0 aliphatic rings. The minimum absolute atomic E-state index is 0. The van der Waals surface area contributed by atoms with Crippen molar-refractivity contribution in [3.05, 3.63) is 34.3 Å². The molecule has 0 radical (unpaired) electrons. The third-order valence-corrected chi connectivity index (χ3v) is 1.28. The van der Waals surface area contributed by atoms with Gasteiger partial charge in [-0.25, -0.2) is 0 Å². The second-order valence-corrected chi connectivity index (χ2v) is 1.96. The van der Waals surface area contributed by atoms with E-state index in [2.05, 4.69) is 4.98 Å². The van der Waals surface area contributed by atoms with Crippen LogP contribution >= 0.6 is 11.6 Å². The van der Waals surface area contributed by atoms with E-state index in [-0.39, 0.29) is 12.4 Å². The summed E-state index contributed by atoms with van der Waals surface area (Å²) < 4.78 is 0. The third-order valence-electron chi connectivity index (χ3n) is 0.960. The van der Waals surface area contributed by atoms with Gasteiger partial charge in [0.25, 0.3) is 0 Å². The van der Waals surface area contributed by atoms with E-state index in [9.17, 15) is 0 Å². The number of diazo groups is 1. The van der Waals surface area contributed by atoms with Crippen LogP contribution in [-0.2, 0) is 0 Å². The number of halogens is 2. The standard InChI is InChI=1S/C6H4ClN2.ClH/c7-5-3-1-2-4-6(5)9-8;/h1-4H;1H/q+1;/p-1. The Bertz CT molecular complexity index is 254. The van der Waals surface area contributed by atoms with Gasteiger partial charge >= 0.3 is 5.69 Å². The zero-order valence-electron chi connectivity index (χ0n) is 4.96. The number of nitrogens with zero attached hydrogens (tertiary/aromatic N) is 2. The molecule has 0 N–H and O–H groups in total. The highest BCUT2D eigenvalue weighted by molar-refractivity contribution is 6.33. The molecule has 1 aromatic rings. The van der Waals surface area contributed by atoms with Crippen LogP contribution in [0.25, 0.3) is 4.98 Å². The van der Waals surface area contributed by atoms with Crippen LogP contribution in [0, 0.1) is 5.39 Å². The quantitative estimate of drug-likeness (QED) is 0.503. The summed E-state index contributed by atoms with van der Waals surface area (Å²) in [5, 5.41) is 8.72. The molecule has 0 spiro atoms. The van der Waals surface area contributed by atoms with Gasteiger partial charge in [-0.1, -0.05) is 23.7 Å². The molecular weight excluding hydrogens is 171 g/mol. The van der Waals surface area contributed by atoms with Gasteiger partial charge in [0.05, 0.1) is 0 Å². The van der Waals surface area contributed by atoms with Crippen molar-refractivity contribution in [3.63, 3.8) is 0 Å². The molecular formula is C6H4Cl2N2. The molecule has 4 heteroatoms. The Labute approximate surface area is 69.8 Å². The number of benzene rings is 1. The largest absolute Gasteiger partial charge is 1.00 e. The van der Waals surface area contributed by atoms with Gasteiger partial charge in [0, 0.05) is 6.07 Å². The fourth-order valence-electron chi connectivity index (χ4n) is 0.533. The molecule has 0 unspecified atom stereocenters. The molecule has 52 valence electrons. The summed E-state index contributed by atoms with van der Waals surface area (Å²) in [5.41, 5.74) is 0.402. The van der Waals surface area contributed by atoms with Crippen LogP contribution < -0.4 is 12.4 Å². The maximum atomic E-state index is 8.26. The maximum Gasteiger partial charge on any atom is 0.403 e. The second-order valence-electron chi connectivity index (χ2n) is 1.55. The minimum atomic E-state index is 0. The SMILES string of the molecule is N#[N+]c1ccccc1Cl.[Cl-]. The molecule has 1 rings (SSSR count). The molecule has 0 atom stereocenters. The van der Waals surface area contributed by atoms with E-state index < -0.39 is 0 Å². The van der Waals surface area contributed by atoms with Crippen molar-refractivity contribution < 1.29 is 12.4 Å². The van der Waals surface area contributed by atoms with E-state index in [1.165, 1.54) is 0 Å². The van der Waals surface area contributed by atoms with Crippen molar-refractivity contribution in [1.29, 1.82) is 5.39 Å². The zero-order valence-corrected chi connectivity index (χ0v) is 6.47. The smallest absolute Gasteiger partial charge is 0.403 e. The number of rotatable bonds is 0. The highest BCUT2D eigenvalue weighted by Crippen LogP contribution is 2.22. The first-order valence-electron chi connectivity index (χ1n) is 2.44. The van der Waals surface area contributed by atoms with Gasteiger partial charge in [0.1, 0.15) is 5.02 Å². The maximum absolute atomic E-state index is 8.26. The molecule has 0 aromatic heterocycles. The Morgan fingerprint density at radius 2 is 1.90 bits per heavy atom. The van der Waals surface area contributed by atoms with Crippen LogP contribution in [0.4, 0.5) is 5.69 Å². The van der Waals surface area contributed by atoms with Crippen LogP contribution in [0.1, 0.15) is 0 Å². The molecule has 10 heavy (non-hydrogen) atoms. The van der Waals surface area contributed by atoms with Gasteiger partial charge in [-0.2, -0.15) is 0 Å². The van der Waals surface area contributed by atoms with Gasteiger partial charge in [0.15, 0.2) is 4.98 Å².